The third-order valence-electron chi connectivity index (χ3n) is 3.94. The highest BCUT2D eigenvalue weighted by Gasteiger charge is 2.28. The van der Waals surface area contributed by atoms with Crippen molar-refractivity contribution < 1.29 is 24.2 Å². The number of hydrogen-bond donors (Lipinski definition) is 2. The van der Waals surface area contributed by atoms with Crippen LogP contribution in [0, 0.1) is 11.8 Å². The van der Waals surface area contributed by atoms with E-state index in [0.29, 0.717) is 5.92 Å². The van der Waals surface area contributed by atoms with E-state index in [-0.39, 0.29) is 31.3 Å². The second kappa shape index (κ2) is 8.64. The Bertz CT molecular complexity index is 374. The molecule has 0 aromatic carbocycles. The Hall–Kier alpha value is -1.59. The molecular weight excluding hydrogens is 274 g/mol. The van der Waals surface area contributed by atoms with Gasteiger partial charge in [0, 0.05) is 12.3 Å². The number of carbonyl (C=O) groups excluding carboxylic acids is 2. The van der Waals surface area contributed by atoms with Gasteiger partial charge in [-0.2, -0.15) is 0 Å². The van der Waals surface area contributed by atoms with Crippen LogP contribution in [0.25, 0.3) is 0 Å². The maximum atomic E-state index is 12.1. The number of carboxylic acid groups (broad SMARTS) is 1. The summed E-state index contributed by atoms with van der Waals surface area (Å²) in [5, 5.41) is 11.7. The van der Waals surface area contributed by atoms with E-state index in [9.17, 15) is 14.4 Å². The van der Waals surface area contributed by atoms with Crippen LogP contribution in [0.5, 0.6) is 0 Å². The lowest BCUT2D eigenvalue weighted by Gasteiger charge is -2.26. The van der Waals surface area contributed by atoms with Crippen LogP contribution in [-0.4, -0.2) is 35.6 Å². The van der Waals surface area contributed by atoms with E-state index in [1.54, 1.807) is 6.92 Å². The molecule has 1 fully saturated rings. The number of carboxylic acids is 1. The van der Waals surface area contributed by atoms with Crippen LogP contribution in [0.2, 0.25) is 0 Å². The number of ether oxygens (including phenoxy) is 1. The molecule has 1 saturated carbocycles. The molecule has 1 amide bonds. The number of rotatable bonds is 7. The maximum Gasteiger partial charge on any atom is 0.326 e. The average molecular weight is 299 g/mol. The predicted octanol–water partition coefficient (Wildman–Crippen LogP) is 1.73. The van der Waals surface area contributed by atoms with Crippen LogP contribution in [-0.2, 0) is 19.1 Å². The molecule has 0 aliphatic heterocycles. The molecule has 0 radical (unpaired) electrons. The van der Waals surface area contributed by atoms with Crippen molar-refractivity contribution in [3.8, 4) is 0 Å². The number of nitrogens with one attached hydrogen (secondary N) is 1. The van der Waals surface area contributed by atoms with Crippen molar-refractivity contribution in [1.82, 2.24) is 5.32 Å². The predicted molar refractivity (Wildman–Crippen MR) is 76.6 cm³/mol. The molecule has 1 aliphatic rings. The highest BCUT2D eigenvalue weighted by atomic mass is 16.5. The zero-order valence-electron chi connectivity index (χ0n) is 12.8. The first kappa shape index (κ1) is 17.5. The fraction of sp³-hybridized carbons (Fsp3) is 0.800. The summed E-state index contributed by atoms with van der Waals surface area (Å²) in [5.41, 5.74) is 0. The van der Waals surface area contributed by atoms with Gasteiger partial charge in [-0.1, -0.05) is 6.92 Å². The molecule has 0 bridgehead atoms. The SMILES string of the molecule is CCOC(=O)CC[C@H](NC(=O)C1CCC(C)CC1)C(=O)O. The van der Waals surface area contributed by atoms with Crippen LogP contribution in [0.1, 0.15) is 52.4 Å². The number of hydrogen-bond acceptors (Lipinski definition) is 4. The van der Waals surface area contributed by atoms with Crippen molar-refractivity contribution in [2.45, 2.75) is 58.4 Å². The number of aliphatic carboxylic acids is 1. The van der Waals surface area contributed by atoms with Gasteiger partial charge in [0.1, 0.15) is 6.04 Å². The number of carbonyl (C=O) groups is 3. The molecular formula is C15H25NO5. The second-order valence-corrected chi connectivity index (χ2v) is 5.70. The van der Waals surface area contributed by atoms with E-state index in [4.69, 9.17) is 9.84 Å². The fourth-order valence-corrected chi connectivity index (χ4v) is 2.56. The lowest BCUT2D eigenvalue weighted by atomic mass is 9.82. The molecule has 0 aromatic heterocycles. The molecule has 0 aromatic rings. The number of esters is 1. The topological polar surface area (TPSA) is 92.7 Å². The van der Waals surface area contributed by atoms with Gasteiger partial charge in [-0.3, -0.25) is 9.59 Å². The molecule has 0 unspecified atom stereocenters. The Kier molecular flexibility index (Phi) is 7.19. The van der Waals surface area contributed by atoms with E-state index in [1.807, 2.05) is 0 Å². The van der Waals surface area contributed by atoms with Crippen molar-refractivity contribution in [3.63, 3.8) is 0 Å². The molecule has 1 rings (SSSR count). The molecule has 2 N–H and O–H groups in total. The lowest BCUT2D eigenvalue weighted by Crippen LogP contribution is -2.44. The zero-order chi connectivity index (χ0) is 15.8. The zero-order valence-corrected chi connectivity index (χ0v) is 12.8. The van der Waals surface area contributed by atoms with Crippen molar-refractivity contribution in [1.29, 1.82) is 0 Å². The van der Waals surface area contributed by atoms with Gasteiger partial charge < -0.3 is 15.2 Å². The summed E-state index contributed by atoms with van der Waals surface area (Å²) in [7, 11) is 0. The lowest BCUT2D eigenvalue weighted by molar-refractivity contribution is -0.145. The van der Waals surface area contributed by atoms with E-state index < -0.39 is 18.0 Å². The first-order valence-corrected chi connectivity index (χ1v) is 7.62. The van der Waals surface area contributed by atoms with Crippen molar-refractivity contribution in [2.24, 2.45) is 11.8 Å². The quantitative estimate of drug-likeness (QED) is 0.698. The van der Waals surface area contributed by atoms with Gasteiger partial charge in [-0.15, -0.1) is 0 Å². The van der Waals surface area contributed by atoms with Gasteiger partial charge in [0.25, 0.3) is 0 Å². The molecule has 6 heteroatoms. The fourth-order valence-electron chi connectivity index (χ4n) is 2.56. The maximum absolute atomic E-state index is 12.1. The molecule has 0 saturated heterocycles. The Labute approximate surface area is 125 Å². The summed E-state index contributed by atoms with van der Waals surface area (Å²) in [4.78, 5) is 34.5. The minimum Gasteiger partial charge on any atom is -0.480 e. The van der Waals surface area contributed by atoms with Crippen molar-refractivity contribution in [2.75, 3.05) is 6.61 Å². The largest absolute Gasteiger partial charge is 0.480 e. The second-order valence-electron chi connectivity index (χ2n) is 5.70. The summed E-state index contributed by atoms with van der Waals surface area (Å²) < 4.78 is 4.76. The minimum atomic E-state index is -1.11. The average Bonchev–Trinajstić information content (AvgIpc) is 2.43. The summed E-state index contributed by atoms with van der Waals surface area (Å²) in [6.45, 7) is 4.12. The highest BCUT2D eigenvalue weighted by Crippen LogP contribution is 2.28. The van der Waals surface area contributed by atoms with Crippen LogP contribution in [0.15, 0.2) is 0 Å². The molecule has 1 aliphatic carbocycles. The van der Waals surface area contributed by atoms with Gasteiger partial charge in [0.15, 0.2) is 0 Å². The van der Waals surface area contributed by atoms with Crippen molar-refractivity contribution in [3.05, 3.63) is 0 Å². The van der Waals surface area contributed by atoms with Gasteiger partial charge in [-0.05, 0) is 44.9 Å². The van der Waals surface area contributed by atoms with E-state index >= 15 is 0 Å². The van der Waals surface area contributed by atoms with E-state index in [0.717, 1.165) is 25.7 Å². The Morgan fingerprint density at radius 1 is 1.24 bits per heavy atom. The van der Waals surface area contributed by atoms with Gasteiger partial charge in [0.2, 0.25) is 5.91 Å². The Morgan fingerprint density at radius 2 is 1.86 bits per heavy atom. The van der Waals surface area contributed by atoms with Crippen molar-refractivity contribution >= 4 is 17.8 Å². The molecule has 6 nitrogen and oxygen atoms in total. The summed E-state index contributed by atoms with van der Waals surface area (Å²) in [6.07, 6.45) is 3.65. The Morgan fingerprint density at radius 3 is 2.38 bits per heavy atom. The smallest absolute Gasteiger partial charge is 0.326 e. The molecule has 120 valence electrons. The van der Waals surface area contributed by atoms with Crippen LogP contribution >= 0.6 is 0 Å². The highest BCUT2D eigenvalue weighted by molar-refractivity contribution is 5.85. The van der Waals surface area contributed by atoms with Crippen LogP contribution in [0.4, 0.5) is 0 Å². The molecule has 1 atom stereocenters. The van der Waals surface area contributed by atoms with Gasteiger partial charge >= 0.3 is 11.9 Å². The van der Waals surface area contributed by atoms with Crippen LogP contribution in [0.3, 0.4) is 0 Å². The Balaban J connectivity index is 2.44. The van der Waals surface area contributed by atoms with Gasteiger partial charge in [-0.25, -0.2) is 4.79 Å². The molecule has 0 spiro atoms. The first-order chi connectivity index (χ1) is 9.93. The standard InChI is InChI=1S/C15H25NO5/c1-3-21-13(17)9-8-12(15(19)20)16-14(18)11-6-4-10(2)5-7-11/h10-12H,3-9H2,1-2H3,(H,16,18)(H,19,20)/t10?,11?,12-/m0/s1. The summed E-state index contributed by atoms with van der Waals surface area (Å²) >= 11 is 0. The third-order valence-corrected chi connectivity index (χ3v) is 3.94. The molecule has 0 heterocycles. The monoisotopic (exact) mass is 299 g/mol. The van der Waals surface area contributed by atoms with Gasteiger partial charge in [0.05, 0.1) is 6.61 Å². The summed E-state index contributed by atoms with van der Waals surface area (Å²) in [5.74, 6) is -1.24. The van der Waals surface area contributed by atoms with Crippen LogP contribution < -0.4 is 5.32 Å². The minimum absolute atomic E-state index is 0.00716. The van der Waals surface area contributed by atoms with E-state index in [1.165, 1.54) is 0 Å². The summed E-state index contributed by atoms with van der Waals surface area (Å²) in [6, 6.07) is -1.03. The first-order valence-electron chi connectivity index (χ1n) is 7.62. The number of amides is 1. The molecule has 21 heavy (non-hydrogen) atoms. The third kappa shape index (κ3) is 6.14. The van der Waals surface area contributed by atoms with E-state index in [2.05, 4.69) is 12.2 Å². The normalized spacial score (nSPS) is 23.1.